The molecule has 0 bridgehead atoms. The number of fused-ring (bicyclic) bond motifs is 1. The van der Waals surface area contributed by atoms with Crippen molar-refractivity contribution in [3.8, 4) is 11.1 Å². The predicted molar refractivity (Wildman–Crippen MR) is 115 cm³/mol. The van der Waals surface area contributed by atoms with Gasteiger partial charge in [-0.3, -0.25) is 10.1 Å². The number of aromatic carboxylic acids is 1. The molecule has 180 valence electrons. The molecule has 11 heteroatoms. The van der Waals surface area contributed by atoms with Gasteiger partial charge in [-0.1, -0.05) is 18.2 Å². The fourth-order valence-electron chi connectivity index (χ4n) is 3.67. The van der Waals surface area contributed by atoms with E-state index in [4.69, 9.17) is 9.84 Å². The van der Waals surface area contributed by atoms with Gasteiger partial charge in [-0.05, 0) is 59.7 Å². The number of carboxylic acid groups (broad SMARTS) is 1. The highest BCUT2D eigenvalue weighted by molar-refractivity contribution is 5.95. The lowest BCUT2D eigenvalue weighted by Gasteiger charge is -2.39. The van der Waals surface area contributed by atoms with Gasteiger partial charge in [0.05, 0.1) is 17.8 Å². The molecule has 1 aliphatic rings. The molecule has 7 nitrogen and oxygen atoms in total. The van der Waals surface area contributed by atoms with Gasteiger partial charge in [-0.2, -0.15) is 13.2 Å². The van der Waals surface area contributed by atoms with Crippen LogP contribution in [0, 0.1) is 5.82 Å². The van der Waals surface area contributed by atoms with E-state index in [1.807, 2.05) is 0 Å². The standard InChI is InChI=1S/C24H16F4N2O5/c25-17-8-5-14(6-9-17)20(31)29-12-23(24(26,27)28)18-11-16(7-10-19(18)30-22(34)35-23)13-1-3-15(4-2-13)21(32)33/h1-11H,12H2,(H,29,31)(H,30,34)(H,32,33). The number of benzene rings is 3. The molecule has 0 saturated carbocycles. The molecule has 1 unspecified atom stereocenters. The molecular weight excluding hydrogens is 472 g/mol. The van der Waals surface area contributed by atoms with Crippen LogP contribution in [0.2, 0.25) is 0 Å². The van der Waals surface area contributed by atoms with Crippen molar-refractivity contribution < 1.29 is 41.8 Å². The van der Waals surface area contributed by atoms with Crippen molar-refractivity contribution >= 4 is 23.7 Å². The summed E-state index contributed by atoms with van der Waals surface area (Å²) in [6, 6.07) is 13.5. The maximum Gasteiger partial charge on any atom is 0.434 e. The summed E-state index contributed by atoms with van der Waals surface area (Å²) in [5.74, 6) is -2.71. The van der Waals surface area contributed by atoms with E-state index in [-0.39, 0.29) is 16.8 Å². The van der Waals surface area contributed by atoms with E-state index in [9.17, 15) is 31.9 Å². The number of alkyl halides is 3. The molecule has 0 spiro atoms. The second-order valence-electron chi connectivity index (χ2n) is 7.67. The van der Waals surface area contributed by atoms with Crippen molar-refractivity contribution in [2.75, 3.05) is 11.9 Å². The van der Waals surface area contributed by atoms with Crippen LogP contribution in [0.25, 0.3) is 11.1 Å². The number of carboxylic acids is 1. The van der Waals surface area contributed by atoms with E-state index in [1.165, 1.54) is 36.4 Å². The summed E-state index contributed by atoms with van der Waals surface area (Å²) in [5.41, 5.74) is -3.23. The van der Waals surface area contributed by atoms with Gasteiger partial charge in [-0.25, -0.2) is 14.0 Å². The molecule has 3 N–H and O–H groups in total. The second-order valence-corrected chi connectivity index (χ2v) is 7.67. The number of hydrogen-bond acceptors (Lipinski definition) is 4. The molecule has 2 amide bonds. The Balaban J connectivity index is 1.74. The highest BCUT2D eigenvalue weighted by atomic mass is 19.4. The van der Waals surface area contributed by atoms with Crippen LogP contribution in [-0.4, -0.2) is 35.8 Å². The minimum Gasteiger partial charge on any atom is -0.478 e. The number of anilines is 1. The summed E-state index contributed by atoms with van der Waals surface area (Å²) in [6.45, 7) is -1.14. The van der Waals surface area contributed by atoms with Crippen LogP contribution < -0.4 is 10.6 Å². The third-order valence-electron chi connectivity index (χ3n) is 5.49. The summed E-state index contributed by atoms with van der Waals surface area (Å²) in [7, 11) is 0. The average molecular weight is 488 g/mol. The summed E-state index contributed by atoms with van der Waals surface area (Å²) in [6.07, 6.45) is -6.49. The van der Waals surface area contributed by atoms with Crippen LogP contribution in [0.15, 0.2) is 66.7 Å². The van der Waals surface area contributed by atoms with Gasteiger partial charge >= 0.3 is 18.2 Å². The van der Waals surface area contributed by atoms with Crippen LogP contribution in [-0.2, 0) is 10.3 Å². The molecule has 1 atom stereocenters. The normalized spacial score (nSPS) is 17.1. The zero-order valence-electron chi connectivity index (χ0n) is 17.7. The first-order valence-electron chi connectivity index (χ1n) is 10.1. The molecule has 1 aliphatic heterocycles. The number of carbonyl (C=O) groups is 3. The SMILES string of the molecule is O=C1Nc2ccc(-c3ccc(C(=O)O)cc3)cc2C(CNC(=O)c2ccc(F)cc2)(C(F)(F)F)O1. The highest BCUT2D eigenvalue weighted by Crippen LogP contribution is 2.48. The first-order chi connectivity index (χ1) is 16.5. The van der Waals surface area contributed by atoms with Gasteiger partial charge in [-0.15, -0.1) is 0 Å². The van der Waals surface area contributed by atoms with Crippen molar-refractivity contribution in [2.45, 2.75) is 11.8 Å². The second kappa shape index (κ2) is 8.75. The number of halogens is 4. The molecule has 0 aliphatic carbocycles. The van der Waals surface area contributed by atoms with E-state index in [0.717, 1.165) is 30.3 Å². The minimum atomic E-state index is -5.14. The minimum absolute atomic E-state index is 0.00421. The first-order valence-corrected chi connectivity index (χ1v) is 10.1. The van der Waals surface area contributed by atoms with Gasteiger partial charge in [0.1, 0.15) is 5.82 Å². The third-order valence-corrected chi connectivity index (χ3v) is 5.49. The third kappa shape index (κ3) is 4.52. The van der Waals surface area contributed by atoms with Crippen molar-refractivity contribution in [2.24, 2.45) is 0 Å². The van der Waals surface area contributed by atoms with Crippen LogP contribution >= 0.6 is 0 Å². The number of ether oxygens (including phenoxy) is 1. The molecule has 3 aromatic rings. The van der Waals surface area contributed by atoms with Gasteiger partial charge in [0.25, 0.3) is 11.5 Å². The number of amides is 2. The fraction of sp³-hybridized carbons (Fsp3) is 0.125. The Labute approximate surface area is 195 Å². The number of cyclic esters (lactones) is 1. The molecular formula is C24H16F4N2O5. The van der Waals surface area contributed by atoms with E-state index in [2.05, 4.69) is 10.6 Å². The lowest BCUT2D eigenvalue weighted by Crippen LogP contribution is -2.56. The Hall–Kier alpha value is -4.41. The summed E-state index contributed by atoms with van der Waals surface area (Å²) >= 11 is 0. The van der Waals surface area contributed by atoms with E-state index in [0.29, 0.717) is 11.1 Å². The smallest absolute Gasteiger partial charge is 0.434 e. The first kappa shape index (κ1) is 23.7. The van der Waals surface area contributed by atoms with Crippen molar-refractivity contribution in [1.82, 2.24) is 5.32 Å². The largest absolute Gasteiger partial charge is 0.478 e. The fourth-order valence-corrected chi connectivity index (χ4v) is 3.67. The number of carbonyl (C=O) groups excluding carboxylic acids is 2. The van der Waals surface area contributed by atoms with Crippen molar-refractivity contribution in [1.29, 1.82) is 0 Å². The Morgan fingerprint density at radius 3 is 2.14 bits per heavy atom. The number of rotatable bonds is 5. The number of nitrogens with one attached hydrogen (secondary N) is 2. The van der Waals surface area contributed by atoms with Gasteiger partial charge < -0.3 is 15.2 Å². The van der Waals surface area contributed by atoms with Gasteiger partial charge in [0.2, 0.25) is 0 Å². The summed E-state index contributed by atoms with van der Waals surface area (Å²) < 4.78 is 61.3. The van der Waals surface area contributed by atoms with E-state index in [1.54, 1.807) is 0 Å². The summed E-state index contributed by atoms with van der Waals surface area (Å²) in [5, 5.41) is 13.4. The predicted octanol–water partition coefficient (Wildman–Crippen LogP) is 4.94. The van der Waals surface area contributed by atoms with Crippen molar-refractivity contribution in [3.05, 3.63) is 89.2 Å². The molecule has 0 saturated heterocycles. The maximum absolute atomic E-state index is 14.5. The van der Waals surface area contributed by atoms with Crippen LogP contribution in [0.4, 0.5) is 28.0 Å². The highest BCUT2D eigenvalue weighted by Gasteiger charge is 2.62. The molecule has 0 aromatic heterocycles. The zero-order valence-corrected chi connectivity index (χ0v) is 17.7. The Bertz CT molecular complexity index is 1310. The molecule has 3 aromatic carbocycles. The molecule has 0 fully saturated rings. The van der Waals surface area contributed by atoms with Crippen molar-refractivity contribution in [3.63, 3.8) is 0 Å². The van der Waals surface area contributed by atoms with E-state index < -0.39 is 47.7 Å². The van der Waals surface area contributed by atoms with E-state index >= 15 is 0 Å². The Morgan fingerprint density at radius 1 is 0.943 bits per heavy atom. The number of hydrogen-bond donors (Lipinski definition) is 3. The lowest BCUT2D eigenvalue weighted by atomic mass is 9.87. The van der Waals surface area contributed by atoms with Crippen LogP contribution in [0.5, 0.6) is 0 Å². The zero-order chi connectivity index (χ0) is 25.4. The molecule has 4 rings (SSSR count). The molecule has 1 heterocycles. The average Bonchev–Trinajstić information content (AvgIpc) is 2.81. The quantitative estimate of drug-likeness (QED) is 0.442. The van der Waals surface area contributed by atoms with Crippen LogP contribution in [0.1, 0.15) is 26.3 Å². The summed E-state index contributed by atoms with van der Waals surface area (Å²) in [4.78, 5) is 35.6. The monoisotopic (exact) mass is 488 g/mol. The van der Waals surface area contributed by atoms with Gasteiger partial charge in [0.15, 0.2) is 0 Å². The Morgan fingerprint density at radius 2 is 1.54 bits per heavy atom. The maximum atomic E-state index is 14.5. The molecule has 35 heavy (non-hydrogen) atoms. The van der Waals surface area contributed by atoms with Gasteiger partial charge in [0, 0.05) is 11.1 Å². The van der Waals surface area contributed by atoms with Crippen LogP contribution in [0.3, 0.4) is 0 Å². The molecule has 0 radical (unpaired) electrons. The lowest BCUT2D eigenvalue weighted by molar-refractivity contribution is -0.261. The topological polar surface area (TPSA) is 105 Å². The Kier molecular flexibility index (Phi) is 5.93.